The number of aryl methyl sites for hydroxylation is 2. The summed E-state index contributed by atoms with van der Waals surface area (Å²) >= 11 is -2.49. The molecular formula is C41H44Cl2Ti. The van der Waals surface area contributed by atoms with E-state index in [-0.39, 0.29) is 24.8 Å². The van der Waals surface area contributed by atoms with Crippen molar-refractivity contribution in [3.63, 3.8) is 0 Å². The van der Waals surface area contributed by atoms with E-state index in [2.05, 4.69) is 125 Å². The van der Waals surface area contributed by atoms with Crippen LogP contribution in [0.3, 0.4) is 0 Å². The van der Waals surface area contributed by atoms with Crippen LogP contribution in [-0.4, -0.2) is 0 Å². The molecule has 0 amide bonds. The molecule has 4 aromatic rings. The minimum atomic E-state index is -2.49. The fourth-order valence-corrected chi connectivity index (χ4v) is 18.5. The van der Waals surface area contributed by atoms with Gasteiger partial charge in [0.15, 0.2) is 0 Å². The zero-order chi connectivity index (χ0) is 28.8. The Morgan fingerprint density at radius 2 is 0.977 bits per heavy atom. The van der Waals surface area contributed by atoms with Crippen LogP contribution in [0, 0.1) is 13.8 Å². The number of hydrogen-bond donors (Lipinski definition) is 0. The first-order valence-corrected chi connectivity index (χ1v) is 20.4. The van der Waals surface area contributed by atoms with Crippen molar-refractivity contribution in [1.82, 2.24) is 0 Å². The first kappa shape index (κ1) is 33.0. The Labute approximate surface area is 281 Å². The number of rotatable bonds is 8. The molecule has 4 aromatic carbocycles. The summed E-state index contributed by atoms with van der Waals surface area (Å²) in [5.74, 6) is 0. The largest absolute Gasteiger partial charge is 1.00 e. The number of allylic oxidation sites excluding steroid dienone is 2. The van der Waals surface area contributed by atoms with Gasteiger partial charge in [-0.1, -0.05) is 0 Å². The van der Waals surface area contributed by atoms with Crippen LogP contribution in [0.5, 0.6) is 0 Å². The molecular weight excluding hydrogens is 611 g/mol. The topological polar surface area (TPSA) is 0 Å². The molecule has 2 atom stereocenters. The molecule has 0 radical (unpaired) electrons. The van der Waals surface area contributed by atoms with Gasteiger partial charge in [-0.25, -0.2) is 0 Å². The normalized spacial score (nSPS) is 18.4. The maximum atomic E-state index is 2.66. The van der Waals surface area contributed by atoms with Gasteiger partial charge >= 0.3 is 258 Å². The fourth-order valence-electron chi connectivity index (χ4n) is 8.60. The number of halogens is 2. The molecule has 0 aromatic heterocycles. The smallest absolute Gasteiger partial charge is 1.00 e. The molecule has 1 fully saturated rings. The summed E-state index contributed by atoms with van der Waals surface area (Å²) in [4.78, 5) is 0. The van der Waals surface area contributed by atoms with Gasteiger partial charge < -0.3 is 24.8 Å². The molecule has 7 rings (SSSR count). The van der Waals surface area contributed by atoms with Gasteiger partial charge in [0, 0.05) is 0 Å². The Kier molecular flexibility index (Phi) is 10.2. The van der Waals surface area contributed by atoms with E-state index in [0.29, 0.717) is 8.45 Å². The summed E-state index contributed by atoms with van der Waals surface area (Å²) in [6, 6.07) is 32.9. The van der Waals surface area contributed by atoms with E-state index < -0.39 is 16.6 Å². The molecule has 1 aliphatic heterocycles. The van der Waals surface area contributed by atoms with Crippen molar-refractivity contribution in [3.8, 4) is 22.3 Å². The Hall–Kier alpha value is -2.35. The van der Waals surface area contributed by atoms with Crippen molar-refractivity contribution >= 4 is 12.2 Å². The third-order valence-corrected chi connectivity index (χ3v) is 20.3. The van der Waals surface area contributed by atoms with E-state index in [0.717, 1.165) is 0 Å². The molecule has 2 unspecified atom stereocenters. The van der Waals surface area contributed by atoms with E-state index in [4.69, 9.17) is 0 Å². The molecule has 226 valence electrons. The molecule has 2 aliphatic carbocycles. The summed E-state index contributed by atoms with van der Waals surface area (Å²) in [6.07, 6.45) is 11.7. The molecule has 0 N–H and O–H groups in total. The Balaban J connectivity index is 0.00000192. The molecule has 44 heavy (non-hydrogen) atoms. The maximum absolute atomic E-state index is 2.66. The van der Waals surface area contributed by atoms with Crippen molar-refractivity contribution < 1.29 is 41.4 Å². The zero-order valence-corrected chi connectivity index (χ0v) is 29.7. The second-order valence-corrected chi connectivity index (χ2v) is 20.5. The molecule has 3 aliphatic rings. The number of fused-ring (bicyclic) bond motifs is 2. The monoisotopic (exact) mass is 654 g/mol. The van der Waals surface area contributed by atoms with Crippen molar-refractivity contribution in [1.29, 1.82) is 0 Å². The van der Waals surface area contributed by atoms with Gasteiger partial charge in [-0.3, -0.25) is 0 Å². The first-order valence-electron chi connectivity index (χ1n) is 16.3. The van der Waals surface area contributed by atoms with Crippen LogP contribution in [0.4, 0.5) is 0 Å². The van der Waals surface area contributed by atoms with Gasteiger partial charge in [-0.05, 0) is 0 Å². The second-order valence-electron chi connectivity index (χ2n) is 13.2. The van der Waals surface area contributed by atoms with E-state index in [1.54, 1.807) is 22.3 Å². The quantitative estimate of drug-likeness (QED) is 0.198. The average Bonchev–Trinajstić information content (AvgIpc) is 3.53. The summed E-state index contributed by atoms with van der Waals surface area (Å²) in [7, 11) is 0. The van der Waals surface area contributed by atoms with Crippen LogP contribution < -0.4 is 24.8 Å². The molecule has 3 heteroatoms. The van der Waals surface area contributed by atoms with Crippen LogP contribution in [0.2, 0.25) is 9.45 Å². The Bertz CT molecular complexity index is 1570. The van der Waals surface area contributed by atoms with Gasteiger partial charge in [0.2, 0.25) is 0 Å². The van der Waals surface area contributed by atoms with Crippen molar-refractivity contribution in [2.75, 3.05) is 0 Å². The van der Waals surface area contributed by atoms with Crippen LogP contribution >= 0.6 is 0 Å². The van der Waals surface area contributed by atoms with Gasteiger partial charge in [0.25, 0.3) is 0 Å². The minimum absolute atomic E-state index is 0. The molecule has 1 heterocycles. The zero-order valence-electron chi connectivity index (χ0n) is 26.6. The third kappa shape index (κ3) is 5.51. The first-order chi connectivity index (χ1) is 20.5. The van der Waals surface area contributed by atoms with Crippen molar-refractivity contribution in [2.24, 2.45) is 0 Å². The van der Waals surface area contributed by atoms with Gasteiger partial charge in [0.1, 0.15) is 0 Å². The van der Waals surface area contributed by atoms with E-state index in [1.165, 1.54) is 86.1 Å². The fraction of sp³-hybridized carbons (Fsp3) is 0.317. The van der Waals surface area contributed by atoms with E-state index >= 15 is 0 Å². The third-order valence-electron chi connectivity index (χ3n) is 10.5. The van der Waals surface area contributed by atoms with Gasteiger partial charge in [-0.15, -0.1) is 0 Å². The van der Waals surface area contributed by atoms with E-state index in [1.807, 2.05) is 0 Å². The molecule has 0 saturated carbocycles. The number of hydrogen-bond acceptors (Lipinski definition) is 0. The Morgan fingerprint density at radius 1 is 0.568 bits per heavy atom. The van der Waals surface area contributed by atoms with Crippen LogP contribution in [0.1, 0.15) is 87.8 Å². The molecule has 1 saturated heterocycles. The maximum Gasteiger partial charge on any atom is -1.00 e. The summed E-state index contributed by atoms with van der Waals surface area (Å²) in [5, 5.41) is 0. The molecule has 0 spiro atoms. The predicted octanol–water partition coefficient (Wildman–Crippen LogP) is 6.22. The SMILES string of the molecule is CCCC1=Cc2c(-c3ccc(C)cc3)cccc2[CH]1[Ti+2]1([CH]2C(CCC)=Cc3c(-c4ccc(C)cc4)cccc32)[CH2]C[CH2]1.[Cl-].[Cl-]. The minimum Gasteiger partial charge on any atom is -1.00 e. The summed E-state index contributed by atoms with van der Waals surface area (Å²) in [6.45, 7) is 9.13. The van der Waals surface area contributed by atoms with Crippen LogP contribution in [0.15, 0.2) is 96.1 Å². The predicted molar refractivity (Wildman–Crippen MR) is 179 cm³/mol. The standard InChI is InChI=1S/2C19H19.C3H6.2ClH.Ti/c2*1-3-5-15-12-17-6-4-7-18(19(17)13-15)16-10-8-14(2)9-11-16;1-3-2;;;/h2*4,6-13H,3,5H2,1-2H3;1-3H2;2*1H;/q;;;;;+2/p-2. The van der Waals surface area contributed by atoms with Crippen LogP contribution in [-0.2, 0) is 16.6 Å². The second kappa shape index (κ2) is 13.6. The average molecular weight is 656 g/mol. The summed E-state index contributed by atoms with van der Waals surface area (Å²) < 4.78 is 4.36. The number of benzene rings is 4. The Morgan fingerprint density at radius 3 is 1.32 bits per heavy atom. The summed E-state index contributed by atoms with van der Waals surface area (Å²) in [5.41, 5.74) is 18.1. The molecule has 0 nitrogen and oxygen atoms in total. The van der Waals surface area contributed by atoms with Gasteiger partial charge in [-0.2, -0.15) is 0 Å². The van der Waals surface area contributed by atoms with Crippen molar-refractivity contribution in [3.05, 3.63) is 129 Å². The van der Waals surface area contributed by atoms with Crippen molar-refractivity contribution in [2.45, 2.75) is 77.7 Å². The molecule has 0 bridgehead atoms. The van der Waals surface area contributed by atoms with Crippen LogP contribution in [0.25, 0.3) is 34.4 Å². The van der Waals surface area contributed by atoms with E-state index in [9.17, 15) is 0 Å². The van der Waals surface area contributed by atoms with Gasteiger partial charge in [0.05, 0.1) is 0 Å².